The van der Waals surface area contributed by atoms with E-state index in [-0.39, 0.29) is 0 Å². The third-order valence-corrected chi connectivity index (χ3v) is 5.12. The highest BCUT2D eigenvalue weighted by molar-refractivity contribution is 7.86. The van der Waals surface area contributed by atoms with E-state index >= 15 is 0 Å². The van der Waals surface area contributed by atoms with Gasteiger partial charge < -0.3 is 5.32 Å². The molecule has 5 nitrogen and oxygen atoms in total. The molecule has 1 atom stereocenters. The van der Waals surface area contributed by atoms with Crippen molar-refractivity contribution in [3.05, 3.63) is 0 Å². The van der Waals surface area contributed by atoms with Gasteiger partial charge in [-0.15, -0.1) is 0 Å². The van der Waals surface area contributed by atoms with E-state index < -0.39 is 10.2 Å². The van der Waals surface area contributed by atoms with Crippen LogP contribution in [0.5, 0.6) is 0 Å². The Kier molecular flexibility index (Phi) is 3.30. The lowest BCUT2D eigenvalue weighted by Gasteiger charge is -2.30. The Morgan fingerprint density at radius 1 is 1.13 bits per heavy atom. The smallest absolute Gasteiger partial charge is 0.282 e. The lowest BCUT2D eigenvalue weighted by molar-refractivity contribution is 0.324. The normalized spacial score (nSPS) is 30.9. The van der Waals surface area contributed by atoms with E-state index in [2.05, 4.69) is 12.2 Å². The fraction of sp³-hybridized carbons (Fsp3) is 1.00. The van der Waals surface area contributed by atoms with E-state index in [1.165, 1.54) is 0 Å². The largest absolute Gasteiger partial charge is 0.314 e. The molecule has 0 radical (unpaired) electrons. The van der Waals surface area contributed by atoms with Crippen LogP contribution in [0, 0.1) is 5.92 Å². The Hall–Kier alpha value is -0.170. The van der Waals surface area contributed by atoms with Crippen molar-refractivity contribution in [3.8, 4) is 0 Å². The van der Waals surface area contributed by atoms with E-state index in [1.54, 1.807) is 8.61 Å². The molecule has 1 N–H and O–H groups in total. The molecule has 0 spiro atoms. The molecule has 1 unspecified atom stereocenters. The second-order valence-electron chi connectivity index (χ2n) is 4.41. The van der Waals surface area contributed by atoms with E-state index in [1.807, 2.05) is 0 Å². The molecule has 6 heteroatoms. The van der Waals surface area contributed by atoms with E-state index in [0.29, 0.717) is 32.1 Å². The van der Waals surface area contributed by atoms with Crippen LogP contribution in [0.4, 0.5) is 0 Å². The van der Waals surface area contributed by atoms with Gasteiger partial charge in [-0.2, -0.15) is 17.0 Å². The van der Waals surface area contributed by atoms with Gasteiger partial charge in [0.05, 0.1) is 0 Å². The minimum absolute atomic E-state index is 0.502. The minimum Gasteiger partial charge on any atom is -0.314 e. The molecule has 2 saturated heterocycles. The van der Waals surface area contributed by atoms with Gasteiger partial charge in [-0.05, 0) is 12.3 Å². The highest BCUT2D eigenvalue weighted by Crippen LogP contribution is 2.20. The summed E-state index contributed by atoms with van der Waals surface area (Å²) in [4.78, 5) is 0. The van der Waals surface area contributed by atoms with Gasteiger partial charge in [-0.3, -0.25) is 0 Å². The standard InChI is InChI=1S/C9H19N3O2S/c1-9-2-5-12(8-9)15(13,14)11-6-3-10-4-7-11/h9-10H,2-8H2,1H3. The van der Waals surface area contributed by atoms with Gasteiger partial charge in [0, 0.05) is 39.3 Å². The predicted octanol–water partition coefficient (Wildman–Crippen LogP) is -0.522. The van der Waals surface area contributed by atoms with E-state index in [4.69, 9.17) is 0 Å². The predicted molar refractivity (Wildman–Crippen MR) is 58.7 cm³/mol. The number of nitrogens with zero attached hydrogens (tertiary/aromatic N) is 2. The zero-order valence-electron chi connectivity index (χ0n) is 9.15. The quantitative estimate of drug-likeness (QED) is 0.698. The van der Waals surface area contributed by atoms with Crippen LogP contribution < -0.4 is 5.32 Å². The van der Waals surface area contributed by atoms with Crippen molar-refractivity contribution in [2.75, 3.05) is 39.3 Å². The van der Waals surface area contributed by atoms with Crippen LogP contribution in [0.3, 0.4) is 0 Å². The second kappa shape index (κ2) is 4.37. The molecule has 2 aliphatic rings. The van der Waals surface area contributed by atoms with Gasteiger partial charge in [0.25, 0.3) is 10.2 Å². The Labute approximate surface area is 91.6 Å². The molecule has 88 valence electrons. The monoisotopic (exact) mass is 233 g/mol. The topological polar surface area (TPSA) is 52.7 Å². The molecule has 0 amide bonds. The summed E-state index contributed by atoms with van der Waals surface area (Å²) in [6.07, 6.45) is 0.991. The third kappa shape index (κ3) is 2.33. The van der Waals surface area contributed by atoms with Crippen LogP contribution in [0.1, 0.15) is 13.3 Å². The van der Waals surface area contributed by atoms with Gasteiger partial charge >= 0.3 is 0 Å². The molecular weight excluding hydrogens is 214 g/mol. The van der Waals surface area contributed by atoms with Crippen molar-refractivity contribution < 1.29 is 8.42 Å². The first-order chi connectivity index (χ1) is 7.10. The lowest BCUT2D eigenvalue weighted by atomic mass is 10.2. The minimum atomic E-state index is -3.17. The summed E-state index contributed by atoms with van der Waals surface area (Å²) in [6, 6.07) is 0. The summed E-state index contributed by atoms with van der Waals surface area (Å²) in [5.74, 6) is 0.502. The van der Waals surface area contributed by atoms with Crippen LogP contribution >= 0.6 is 0 Å². The van der Waals surface area contributed by atoms with Gasteiger partial charge in [0.2, 0.25) is 0 Å². The average Bonchev–Trinajstić information content (AvgIpc) is 2.67. The van der Waals surface area contributed by atoms with Crippen molar-refractivity contribution >= 4 is 10.2 Å². The first-order valence-electron chi connectivity index (χ1n) is 5.56. The maximum absolute atomic E-state index is 12.2. The Bertz CT molecular complexity index is 301. The number of hydrogen-bond acceptors (Lipinski definition) is 3. The van der Waals surface area contributed by atoms with Crippen LogP contribution in [0.15, 0.2) is 0 Å². The van der Waals surface area contributed by atoms with Gasteiger partial charge in [0.15, 0.2) is 0 Å². The lowest BCUT2D eigenvalue weighted by Crippen LogP contribution is -2.51. The summed E-state index contributed by atoms with van der Waals surface area (Å²) in [7, 11) is -3.17. The van der Waals surface area contributed by atoms with Crippen molar-refractivity contribution in [2.45, 2.75) is 13.3 Å². The van der Waals surface area contributed by atoms with Crippen LogP contribution in [0.2, 0.25) is 0 Å². The van der Waals surface area contributed by atoms with Gasteiger partial charge in [-0.25, -0.2) is 0 Å². The van der Waals surface area contributed by atoms with Crippen molar-refractivity contribution in [1.82, 2.24) is 13.9 Å². The Balaban J connectivity index is 2.05. The Morgan fingerprint density at radius 2 is 1.80 bits per heavy atom. The highest BCUT2D eigenvalue weighted by atomic mass is 32.2. The molecule has 2 rings (SSSR count). The van der Waals surface area contributed by atoms with Crippen molar-refractivity contribution in [2.24, 2.45) is 5.92 Å². The summed E-state index contributed by atoms with van der Waals surface area (Å²) >= 11 is 0. The third-order valence-electron chi connectivity index (χ3n) is 3.12. The van der Waals surface area contributed by atoms with Crippen LogP contribution in [0.25, 0.3) is 0 Å². The zero-order valence-corrected chi connectivity index (χ0v) is 9.96. The van der Waals surface area contributed by atoms with E-state index in [0.717, 1.165) is 19.5 Å². The number of rotatable bonds is 2. The first-order valence-corrected chi connectivity index (χ1v) is 6.96. The maximum atomic E-state index is 12.2. The van der Waals surface area contributed by atoms with Crippen LogP contribution in [-0.4, -0.2) is 56.3 Å². The van der Waals surface area contributed by atoms with Crippen LogP contribution in [-0.2, 0) is 10.2 Å². The number of hydrogen-bond donors (Lipinski definition) is 1. The fourth-order valence-corrected chi connectivity index (χ4v) is 3.89. The van der Waals surface area contributed by atoms with Crippen molar-refractivity contribution in [1.29, 1.82) is 0 Å². The fourth-order valence-electron chi connectivity index (χ4n) is 2.14. The van der Waals surface area contributed by atoms with Gasteiger partial charge in [-0.1, -0.05) is 6.92 Å². The average molecular weight is 233 g/mol. The summed E-state index contributed by atoms with van der Waals surface area (Å²) in [6.45, 7) is 6.22. The summed E-state index contributed by atoms with van der Waals surface area (Å²) in [5, 5.41) is 3.16. The van der Waals surface area contributed by atoms with Gasteiger partial charge in [0.1, 0.15) is 0 Å². The molecule has 2 aliphatic heterocycles. The molecule has 0 aromatic rings. The molecule has 0 saturated carbocycles. The first kappa shape index (κ1) is 11.3. The molecule has 2 heterocycles. The SMILES string of the molecule is CC1CCN(S(=O)(=O)N2CCNCC2)C1. The summed E-state index contributed by atoms with van der Waals surface area (Å²) in [5.41, 5.74) is 0. The number of nitrogens with one attached hydrogen (secondary N) is 1. The zero-order chi connectivity index (χ0) is 10.9. The molecule has 0 aliphatic carbocycles. The molecule has 15 heavy (non-hydrogen) atoms. The molecule has 0 aromatic heterocycles. The Morgan fingerprint density at radius 3 is 2.33 bits per heavy atom. The molecule has 2 fully saturated rings. The highest BCUT2D eigenvalue weighted by Gasteiger charge is 2.34. The summed E-state index contributed by atoms with van der Waals surface area (Å²) < 4.78 is 27.5. The second-order valence-corrected chi connectivity index (χ2v) is 6.34. The van der Waals surface area contributed by atoms with Crippen molar-refractivity contribution in [3.63, 3.8) is 0 Å². The molecule has 0 aromatic carbocycles. The maximum Gasteiger partial charge on any atom is 0.282 e. The molecule has 0 bridgehead atoms. The molecular formula is C9H19N3O2S. The van der Waals surface area contributed by atoms with E-state index in [9.17, 15) is 8.42 Å². The number of piperazine rings is 1.